The van der Waals surface area contributed by atoms with Crippen molar-refractivity contribution in [1.29, 1.82) is 0 Å². The Bertz CT molecular complexity index is 848. The molecule has 160 valence electrons. The van der Waals surface area contributed by atoms with Gasteiger partial charge in [-0.2, -0.15) is 0 Å². The van der Waals surface area contributed by atoms with Gasteiger partial charge in [0.1, 0.15) is 21.6 Å². The molecule has 6 nitrogen and oxygen atoms in total. The van der Waals surface area contributed by atoms with E-state index in [1.807, 2.05) is 31.2 Å². The zero-order valence-electron chi connectivity index (χ0n) is 17.3. The molecule has 29 heavy (non-hydrogen) atoms. The minimum absolute atomic E-state index is 0.0819. The number of benzene rings is 2. The van der Waals surface area contributed by atoms with Crippen molar-refractivity contribution >= 4 is 32.6 Å². The Hall–Kier alpha value is -2.03. The first kappa shape index (κ1) is 25.0. The maximum Gasteiger partial charge on any atom is 0.229 e. The first-order valence-electron chi connectivity index (χ1n) is 9.21. The fourth-order valence-electron chi connectivity index (χ4n) is 2.08. The fraction of sp³-hybridized carbons (Fsp3) is 0.381. The van der Waals surface area contributed by atoms with Gasteiger partial charge in [0.25, 0.3) is 0 Å². The second kappa shape index (κ2) is 12.5. The predicted octanol–water partition coefficient (Wildman–Crippen LogP) is 3.58. The molecule has 8 heteroatoms. The first-order chi connectivity index (χ1) is 13.6. The molecule has 0 saturated carbocycles. The van der Waals surface area contributed by atoms with Gasteiger partial charge < -0.3 is 14.6 Å². The Balaban J connectivity index is 0.000000326. The lowest BCUT2D eigenvalue weighted by Gasteiger charge is -2.07. The maximum absolute atomic E-state index is 11.6. The minimum Gasteiger partial charge on any atom is -0.744 e. The van der Waals surface area contributed by atoms with Crippen LogP contribution in [0, 0.1) is 6.92 Å². The van der Waals surface area contributed by atoms with Crippen LogP contribution in [-0.4, -0.2) is 43.7 Å². The summed E-state index contributed by atoms with van der Waals surface area (Å²) in [5.74, 6) is 1.88. The third-order valence-corrected chi connectivity index (χ3v) is 5.53. The maximum atomic E-state index is 11.6. The van der Waals surface area contributed by atoms with Crippen LogP contribution in [0.4, 0.5) is 5.69 Å². The number of ether oxygens (including phenoxy) is 1. The topological polar surface area (TPSA) is 95.5 Å². The van der Waals surface area contributed by atoms with E-state index in [1.54, 1.807) is 12.1 Å². The molecule has 0 aliphatic carbocycles. The normalized spacial score (nSPS) is 10.8. The molecule has 0 aliphatic heterocycles. The van der Waals surface area contributed by atoms with Crippen LogP contribution in [0.5, 0.6) is 5.75 Å². The van der Waals surface area contributed by atoms with Crippen molar-refractivity contribution in [2.75, 3.05) is 30.2 Å². The summed E-state index contributed by atoms with van der Waals surface area (Å²) in [5, 5.41) is 2.89. The monoisotopic (exact) mass is 439 g/mol. The van der Waals surface area contributed by atoms with Gasteiger partial charge in [-0.3, -0.25) is 4.79 Å². The summed E-state index contributed by atoms with van der Waals surface area (Å²) in [4.78, 5) is 11.5. The molecular weight excluding hydrogens is 410 g/mol. The molecular formula is C21H29NO5S2. The molecule has 1 N–H and O–H groups in total. The Labute approximate surface area is 176 Å². The highest BCUT2D eigenvalue weighted by molar-refractivity contribution is 7.95. The van der Waals surface area contributed by atoms with Crippen LogP contribution in [0.25, 0.3) is 0 Å². The number of carbonyl (C=O) groups is 1. The second-order valence-electron chi connectivity index (χ2n) is 6.63. The summed E-state index contributed by atoms with van der Waals surface area (Å²) in [5.41, 5.74) is 1.76. The molecule has 0 spiro atoms. The highest BCUT2D eigenvalue weighted by Gasteiger charge is 2.08. The highest BCUT2D eigenvalue weighted by atomic mass is 32.2. The summed E-state index contributed by atoms with van der Waals surface area (Å²) >= 11 is 0. The SMILES string of the molecule is CCCOc1ccc(NC(=O)CC[S+](C)C)cc1.Cc1ccc(S(=O)(=O)[O-])cc1. The van der Waals surface area contributed by atoms with E-state index in [1.165, 1.54) is 12.1 Å². The Morgan fingerprint density at radius 3 is 2.14 bits per heavy atom. The predicted molar refractivity (Wildman–Crippen MR) is 119 cm³/mol. The van der Waals surface area contributed by atoms with Gasteiger partial charge >= 0.3 is 0 Å². The molecule has 0 aliphatic rings. The van der Waals surface area contributed by atoms with E-state index in [0.717, 1.165) is 35.8 Å². The van der Waals surface area contributed by atoms with E-state index < -0.39 is 10.1 Å². The number of hydrogen-bond acceptors (Lipinski definition) is 5. The molecule has 1 amide bonds. The third kappa shape index (κ3) is 10.9. The lowest BCUT2D eigenvalue weighted by molar-refractivity contribution is -0.115. The van der Waals surface area contributed by atoms with Gasteiger partial charge in [0, 0.05) is 5.69 Å². The van der Waals surface area contributed by atoms with Gasteiger partial charge in [-0.05, 0) is 60.6 Å². The van der Waals surface area contributed by atoms with Crippen molar-refractivity contribution in [1.82, 2.24) is 0 Å². The summed E-state index contributed by atoms with van der Waals surface area (Å²) < 4.78 is 36.6. The number of nitrogens with one attached hydrogen (secondary N) is 1. The molecule has 0 unspecified atom stereocenters. The van der Waals surface area contributed by atoms with Gasteiger partial charge in [-0.25, -0.2) is 8.42 Å². The van der Waals surface area contributed by atoms with Crippen LogP contribution in [0.15, 0.2) is 53.4 Å². The lowest BCUT2D eigenvalue weighted by atomic mass is 10.2. The molecule has 0 heterocycles. The Morgan fingerprint density at radius 1 is 1.07 bits per heavy atom. The van der Waals surface area contributed by atoms with Gasteiger partial charge in [-0.1, -0.05) is 24.6 Å². The molecule has 0 bridgehead atoms. The van der Waals surface area contributed by atoms with E-state index >= 15 is 0 Å². The fourth-order valence-corrected chi connectivity index (χ4v) is 3.14. The van der Waals surface area contributed by atoms with E-state index in [-0.39, 0.29) is 10.8 Å². The van der Waals surface area contributed by atoms with Gasteiger partial charge in [-0.15, -0.1) is 0 Å². The minimum atomic E-state index is -4.27. The average molecular weight is 440 g/mol. The lowest BCUT2D eigenvalue weighted by Crippen LogP contribution is -2.16. The van der Waals surface area contributed by atoms with Crippen molar-refractivity contribution in [3.8, 4) is 5.75 Å². The largest absolute Gasteiger partial charge is 0.744 e. The van der Waals surface area contributed by atoms with E-state index in [9.17, 15) is 17.8 Å². The van der Waals surface area contributed by atoms with Crippen molar-refractivity contribution in [3.05, 3.63) is 54.1 Å². The number of hydrogen-bond donors (Lipinski definition) is 1. The van der Waals surface area contributed by atoms with Gasteiger partial charge in [0.2, 0.25) is 5.91 Å². The van der Waals surface area contributed by atoms with Crippen molar-refractivity contribution in [2.45, 2.75) is 31.6 Å². The average Bonchev–Trinajstić information content (AvgIpc) is 2.66. The first-order valence-corrected chi connectivity index (χ1v) is 12.8. The highest BCUT2D eigenvalue weighted by Crippen LogP contribution is 2.16. The Morgan fingerprint density at radius 2 is 1.66 bits per heavy atom. The molecule has 0 aromatic heterocycles. The molecule has 2 rings (SSSR count). The van der Waals surface area contributed by atoms with Gasteiger partial charge in [0.05, 0.1) is 30.4 Å². The van der Waals surface area contributed by atoms with Crippen LogP contribution >= 0.6 is 0 Å². The molecule has 0 radical (unpaired) electrons. The molecule has 2 aromatic carbocycles. The quantitative estimate of drug-likeness (QED) is 0.501. The zero-order valence-corrected chi connectivity index (χ0v) is 18.9. The van der Waals surface area contributed by atoms with Crippen LogP contribution in [-0.2, 0) is 25.8 Å². The van der Waals surface area contributed by atoms with E-state index in [4.69, 9.17) is 4.74 Å². The Kier molecular flexibility index (Phi) is 10.8. The van der Waals surface area contributed by atoms with Crippen LogP contribution in [0.3, 0.4) is 0 Å². The number of amides is 1. The smallest absolute Gasteiger partial charge is 0.229 e. The molecule has 0 fully saturated rings. The zero-order chi connectivity index (χ0) is 21.9. The number of carbonyl (C=O) groups excluding carboxylic acids is 1. The van der Waals surface area contributed by atoms with Crippen molar-refractivity contribution < 1.29 is 22.5 Å². The summed E-state index contributed by atoms with van der Waals surface area (Å²) in [6, 6.07) is 13.3. The van der Waals surface area contributed by atoms with Crippen molar-refractivity contribution in [2.24, 2.45) is 0 Å². The van der Waals surface area contributed by atoms with Crippen LogP contribution < -0.4 is 10.1 Å². The third-order valence-electron chi connectivity index (χ3n) is 3.66. The van der Waals surface area contributed by atoms with Crippen LogP contribution in [0.2, 0.25) is 0 Å². The standard InChI is InChI=1S/C14H21NO2S.C7H8O3S/c1-4-10-17-13-7-5-12(6-8-13)15-14(16)9-11-18(2)3;1-6-2-4-7(5-3-6)11(8,9)10/h5-8H,4,9-11H2,1-3H3;2-5H,1H3,(H,8,9,10). The van der Waals surface area contributed by atoms with E-state index in [0.29, 0.717) is 17.3 Å². The molecule has 2 aromatic rings. The number of rotatable bonds is 8. The van der Waals surface area contributed by atoms with E-state index in [2.05, 4.69) is 24.8 Å². The summed E-state index contributed by atoms with van der Waals surface area (Å²) in [7, 11) is -3.95. The van der Waals surface area contributed by atoms with Gasteiger partial charge in [0.15, 0.2) is 0 Å². The van der Waals surface area contributed by atoms with Crippen molar-refractivity contribution in [3.63, 3.8) is 0 Å². The number of aryl methyl sites for hydroxylation is 1. The molecule has 0 atom stereocenters. The number of anilines is 1. The summed E-state index contributed by atoms with van der Waals surface area (Å²) in [6.07, 6.45) is 5.87. The second-order valence-corrected chi connectivity index (χ2v) is 10.4. The summed E-state index contributed by atoms with van der Waals surface area (Å²) in [6.45, 7) is 4.62. The van der Waals surface area contributed by atoms with Crippen LogP contribution in [0.1, 0.15) is 25.3 Å². The molecule has 0 saturated heterocycles.